The lowest BCUT2D eigenvalue weighted by atomic mass is 10.1. The second-order valence-corrected chi connectivity index (χ2v) is 12.4. The molecule has 3 aromatic carbocycles. The van der Waals surface area contributed by atoms with Crippen molar-refractivity contribution in [2.24, 2.45) is 13.0 Å². The number of fused-ring (bicyclic) bond motifs is 1. The first-order chi connectivity index (χ1) is 22.5. The molecule has 5 rings (SSSR count). The van der Waals surface area contributed by atoms with Crippen molar-refractivity contribution in [3.05, 3.63) is 104 Å². The summed E-state index contributed by atoms with van der Waals surface area (Å²) in [5, 5.41) is 11.6. The van der Waals surface area contributed by atoms with E-state index in [0.717, 1.165) is 25.8 Å². The molecule has 1 aromatic heterocycles. The number of carbonyl (C=O) groups is 1. The number of rotatable bonds is 9. The molecule has 2 unspecified atom stereocenters. The number of carboxylic acid groups (broad SMARTS) is 1. The van der Waals surface area contributed by atoms with Crippen LogP contribution in [0.4, 0.5) is 5.69 Å². The first-order valence-electron chi connectivity index (χ1n) is 15.1. The zero-order valence-electron chi connectivity index (χ0n) is 26.6. The Morgan fingerprint density at radius 1 is 0.979 bits per heavy atom. The lowest BCUT2D eigenvalue weighted by Gasteiger charge is -2.45. The Morgan fingerprint density at radius 3 is 2.17 bits per heavy atom. The predicted molar refractivity (Wildman–Crippen MR) is 179 cm³/mol. The van der Waals surface area contributed by atoms with Crippen LogP contribution in [-0.2, 0) is 29.7 Å². The van der Waals surface area contributed by atoms with Gasteiger partial charge in [-0.1, -0.05) is 37.8 Å². The molecule has 246 valence electrons. The first kappa shape index (κ1) is 33.6. The molecule has 2 heterocycles. The van der Waals surface area contributed by atoms with Gasteiger partial charge in [-0.2, -0.15) is 4.41 Å². The monoisotopic (exact) mass is 658 g/mol. The average Bonchev–Trinajstić information content (AvgIpc) is 3.07. The SMILES string of the molecule is COc1ccc(Cn2c(=O)n(C)c(=O)c3cc(C#Cc4ccc(N5CCN(N(C(C(=O)O)C(C)C)S(=O)[O-])CC5)cc4)ccc32)cc1. The van der Waals surface area contributed by atoms with Gasteiger partial charge in [0.15, 0.2) is 0 Å². The van der Waals surface area contributed by atoms with Gasteiger partial charge in [0.25, 0.3) is 5.56 Å². The molecule has 0 radical (unpaired) electrons. The molecule has 1 N–H and O–H groups in total. The third kappa shape index (κ3) is 7.31. The number of aliphatic carboxylic acids is 1. The number of nitrogens with zero attached hydrogens (tertiary/aromatic N) is 5. The van der Waals surface area contributed by atoms with Crippen molar-refractivity contribution in [3.63, 3.8) is 0 Å². The number of hydrogen-bond acceptors (Lipinski definition) is 8. The lowest BCUT2D eigenvalue weighted by molar-refractivity contribution is -0.149. The summed E-state index contributed by atoms with van der Waals surface area (Å²) in [5.41, 5.74) is 2.95. The molecular formula is C34H36N5O7S-. The van der Waals surface area contributed by atoms with E-state index in [0.29, 0.717) is 48.4 Å². The molecule has 2 atom stereocenters. The van der Waals surface area contributed by atoms with E-state index in [9.17, 15) is 28.3 Å². The predicted octanol–water partition coefficient (Wildman–Crippen LogP) is 2.40. The highest BCUT2D eigenvalue weighted by Crippen LogP contribution is 2.22. The third-order valence-corrected chi connectivity index (χ3v) is 9.00. The molecule has 0 amide bonds. The second kappa shape index (κ2) is 14.4. The van der Waals surface area contributed by atoms with Gasteiger partial charge >= 0.3 is 11.7 Å². The fraction of sp³-hybridized carbons (Fsp3) is 0.324. The molecule has 1 fully saturated rings. The highest BCUT2D eigenvalue weighted by Gasteiger charge is 2.35. The first-order valence-corrected chi connectivity index (χ1v) is 16.1. The van der Waals surface area contributed by atoms with Gasteiger partial charge < -0.3 is 19.3 Å². The summed E-state index contributed by atoms with van der Waals surface area (Å²) >= 11 is -2.71. The largest absolute Gasteiger partial charge is 0.759 e. The maximum atomic E-state index is 13.1. The molecule has 0 aliphatic carbocycles. The summed E-state index contributed by atoms with van der Waals surface area (Å²) in [6.07, 6.45) is 0. The maximum Gasteiger partial charge on any atom is 0.331 e. The van der Waals surface area contributed by atoms with E-state index >= 15 is 0 Å². The van der Waals surface area contributed by atoms with Crippen molar-refractivity contribution >= 4 is 33.8 Å². The van der Waals surface area contributed by atoms with Crippen molar-refractivity contribution in [1.82, 2.24) is 18.6 Å². The summed E-state index contributed by atoms with van der Waals surface area (Å²) in [4.78, 5) is 40.0. The highest BCUT2D eigenvalue weighted by molar-refractivity contribution is 7.76. The van der Waals surface area contributed by atoms with Crippen LogP contribution in [0.2, 0.25) is 0 Å². The van der Waals surface area contributed by atoms with Crippen molar-refractivity contribution in [3.8, 4) is 17.6 Å². The molecule has 13 heteroatoms. The number of aromatic nitrogens is 2. The molecule has 0 spiro atoms. The number of benzene rings is 3. The molecule has 1 aliphatic heterocycles. The summed E-state index contributed by atoms with van der Waals surface area (Å²) in [5.74, 6) is 5.39. The maximum absolute atomic E-state index is 13.1. The number of methoxy groups -OCH3 is 1. The van der Waals surface area contributed by atoms with Crippen LogP contribution in [0.15, 0.2) is 76.3 Å². The van der Waals surface area contributed by atoms with Gasteiger partial charge in [0.05, 0.1) is 24.6 Å². The Labute approximate surface area is 274 Å². The molecule has 47 heavy (non-hydrogen) atoms. The average molecular weight is 659 g/mol. The van der Waals surface area contributed by atoms with Gasteiger partial charge in [-0.15, -0.1) is 0 Å². The van der Waals surface area contributed by atoms with Crippen LogP contribution in [0.1, 0.15) is 30.5 Å². The van der Waals surface area contributed by atoms with Gasteiger partial charge in [-0.3, -0.25) is 22.9 Å². The molecule has 12 nitrogen and oxygen atoms in total. The number of hydrazine groups is 1. The zero-order chi connectivity index (χ0) is 33.8. The number of ether oxygens (including phenoxy) is 1. The van der Waals surface area contributed by atoms with Crippen LogP contribution in [0.25, 0.3) is 10.9 Å². The van der Waals surface area contributed by atoms with Gasteiger partial charge in [-0.25, -0.2) is 9.80 Å². The van der Waals surface area contributed by atoms with Crippen molar-refractivity contribution in [2.75, 3.05) is 38.2 Å². The molecule has 1 aliphatic rings. The van der Waals surface area contributed by atoms with Crippen LogP contribution in [0.5, 0.6) is 5.75 Å². The molecular weight excluding hydrogens is 622 g/mol. The van der Waals surface area contributed by atoms with E-state index in [1.807, 2.05) is 48.5 Å². The van der Waals surface area contributed by atoms with Crippen LogP contribution in [0, 0.1) is 17.8 Å². The number of carboxylic acids is 1. The smallest absolute Gasteiger partial charge is 0.331 e. The highest BCUT2D eigenvalue weighted by atomic mass is 32.2. The molecule has 0 bridgehead atoms. The van der Waals surface area contributed by atoms with E-state index in [1.165, 1.54) is 7.05 Å². The minimum atomic E-state index is -2.71. The third-order valence-electron chi connectivity index (χ3n) is 8.23. The fourth-order valence-electron chi connectivity index (χ4n) is 5.69. The molecule has 0 saturated carbocycles. The minimum Gasteiger partial charge on any atom is -0.759 e. The van der Waals surface area contributed by atoms with E-state index in [2.05, 4.69) is 16.7 Å². The quantitative estimate of drug-likeness (QED) is 0.212. The number of hydrogen-bond donors (Lipinski definition) is 1. The van der Waals surface area contributed by atoms with E-state index < -0.39 is 40.4 Å². The topological polar surface area (TPSA) is 140 Å². The van der Waals surface area contributed by atoms with E-state index in [1.54, 1.807) is 48.7 Å². The summed E-state index contributed by atoms with van der Waals surface area (Å²) < 4.78 is 32.8. The summed E-state index contributed by atoms with van der Waals surface area (Å²) in [7, 11) is 3.06. The Kier molecular flexibility index (Phi) is 10.3. The normalized spacial score (nSPS) is 15.0. The van der Waals surface area contributed by atoms with Crippen molar-refractivity contribution in [2.45, 2.75) is 26.4 Å². The second-order valence-electron chi connectivity index (χ2n) is 11.6. The van der Waals surface area contributed by atoms with Gasteiger partial charge in [0.2, 0.25) is 0 Å². The van der Waals surface area contributed by atoms with E-state index in [4.69, 9.17) is 4.74 Å². The van der Waals surface area contributed by atoms with Crippen LogP contribution in [0.3, 0.4) is 0 Å². The standard InChI is InChI=1S/C34H37N5O7S/c1-23(2)31(33(41)42)39(47(44)45)37-19-17-36(18-20-37)27-12-7-24(8-13-27)5-6-25-11-16-30-29(21-25)32(40)35(3)34(43)38(30)22-26-9-14-28(46-4)15-10-26/h7-16,21,23,31H,17-20,22H2,1-4H3,(H,41,42)(H,44,45)/p-1. The van der Waals surface area contributed by atoms with Crippen LogP contribution in [-0.4, -0.2) is 77.7 Å². The number of anilines is 1. The Balaban J connectivity index is 1.30. The van der Waals surface area contributed by atoms with Gasteiger partial charge in [-0.05, 0) is 66.1 Å². The van der Waals surface area contributed by atoms with E-state index in [-0.39, 0.29) is 6.54 Å². The number of piperazine rings is 1. The van der Waals surface area contributed by atoms with Gasteiger partial charge in [0, 0.05) is 61.3 Å². The summed E-state index contributed by atoms with van der Waals surface area (Å²) in [6.45, 7) is 5.38. The Bertz CT molecular complexity index is 1970. The molecule has 1 saturated heterocycles. The fourth-order valence-corrected chi connectivity index (χ4v) is 6.56. The Hall–Kier alpha value is -4.74. The minimum absolute atomic E-state index is 0.289. The molecule has 4 aromatic rings. The summed E-state index contributed by atoms with van der Waals surface area (Å²) in [6, 6.07) is 19.1. The van der Waals surface area contributed by atoms with Gasteiger partial charge in [0.1, 0.15) is 11.8 Å². The lowest BCUT2D eigenvalue weighted by Crippen LogP contribution is -2.60. The van der Waals surface area contributed by atoms with Crippen molar-refractivity contribution in [1.29, 1.82) is 0 Å². The zero-order valence-corrected chi connectivity index (χ0v) is 27.4. The Morgan fingerprint density at radius 2 is 1.60 bits per heavy atom. The van der Waals surface area contributed by atoms with Crippen LogP contribution < -0.4 is 20.9 Å². The van der Waals surface area contributed by atoms with Crippen molar-refractivity contribution < 1.29 is 23.4 Å². The van der Waals surface area contributed by atoms with Crippen LogP contribution >= 0.6 is 0 Å².